The molecule has 27 heavy (non-hydrogen) atoms. The van der Waals surface area contributed by atoms with Gasteiger partial charge >= 0.3 is 0 Å². The molecule has 1 aromatic carbocycles. The van der Waals surface area contributed by atoms with Crippen LogP contribution in [0.2, 0.25) is 0 Å². The third kappa shape index (κ3) is 6.23. The van der Waals surface area contributed by atoms with Gasteiger partial charge in [-0.3, -0.25) is 0 Å². The summed E-state index contributed by atoms with van der Waals surface area (Å²) in [6, 6.07) is 11.7. The first-order valence-electron chi connectivity index (χ1n) is 8.04. The second-order valence-electron chi connectivity index (χ2n) is 5.78. The molecule has 0 atom stereocenters. The van der Waals surface area contributed by atoms with Gasteiger partial charge in [0.05, 0.1) is 18.4 Å². The minimum atomic E-state index is 0. The molecule has 144 valence electrons. The molecule has 3 rings (SSSR count). The number of aryl methyl sites for hydroxylation is 1. The Hall–Kier alpha value is -2.10. The fourth-order valence-electron chi connectivity index (χ4n) is 2.41. The highest BCUT2D eigenvalue weighted by molar-refractivity contribution is 8.93. The van der Waals surface area contributed by atoms with Gasteiger partial charge in [0.1, 0.15) is 18.1 Å². The molecular formula is C18H22Br2N6O. The Morgan fingerprint density at radius 1 is 1.19 bits per heavy atom. The zero-order valence-electron chi connectivity index (χ0n) is 14.9. The molecule has 0 saturated heterocycles. The summed E-state index contributed by atoms with van der Waals surface area (Å²) in [6.45, 7) is 3.20. The molecule has 3 N–H and O–H groups in total. The number of nitrogens with two attached hydrogens (primary N) is 1. The van der Waals surface area contributed by atoms with E-state index in [-0.39, 0.29) is 40.6 Å². The fourth-order valence-corrected chi connectivity index (χ4v) is 2.41. The second kappa shape index (κ2) is 10.9. The third-order valence-corrected chi connectivity index (χ3v) is 3.78. The van der Waals surface area contributed by atoms with Gasteiger partial charge in [0.2, 0.25) is 0 Å². The van der Waals surface area contributed by atoms with Crippen LogP contribution >= 0.6 is 17.0 Å². The van der Waals surface area contributed by atoms with Gasteiger partial charge in [-0.1, -0.05) is 17.7 Å². The molecule has 7 nitrogen and oxygen atoms in total. The Morgan fingerprint density at radius 2 is 1.93 bits per heavy atom. The van der Waals surface area contributed by atoms with E-state index in [1.807, 2.05) is 60.3 Å². The van der Waals surface area contributed by atoms with E-state index in [2.05, 4.69) is 15.3 Å². The zero-order valence-corrected chi connectivity index (χ0v) is 18.2. The number of hydrogen-bond acceptors (Lipinski definition) is 5. The van der Waals surface area contributed by atoms with Crippen molar-refractivity contribution in [1.82, 2.24) is 9.78 Å². The molecule has 9 heteroatoms. The van der Waals surface area contributed by atoms with Gasteiger partial charge in [-0.2, -0.15) is 10.2 Å². The lowest BCUT2D eigenvalue weighted by molar-refractivity contribution is -0.698. The molecular weight excluding hydrogens is 476 g/mol. The number of hydrogen-bond donors (Lipinski definition) is 2. The highest BCUT2D eigenvalue weighted by atomic mass is 79.9. The van der Waals surface area contributed by atoms with E-state index in [0.29, 0.717) is 24.6 Å². The van der Waals surface area contributed by atoms with Crippen molar-refractivity contribution in [2.45, 2.75) is 20.0 Å². The van der Waals surface area contributed by atoms with Crippen molar-refractivity contribution in [3.63, 3.8) is 0 Å². The smallest absolute Gasteiger partial charge is 0.173 e. The number of aromatic nitrogens is 3. The Kier molecular flexibility index (Phi) is 9.27. The third-order valence-electron chi connectivity index (χ3n) is 3.78. The van der Waals surface area contributed by atoms with E-state index in [1.165, 1.54) is 5.56 Å². The van der Waals surface area contributed by atoms with Crippen molar-refractivity contribution >= 4 is 34.2 Å². The Morgan fingerprint density at radius 3 is 2.63 bits per heavy atom. The van der Waals surface area contributed by atoms with Crippen molar-refractivity contribution in [1.29, 1.82) is 0 Å². The number of anilines is 1. The molecule has 0 spiro atoms. The minimum absolute atomic E-state index is 0. The lowest BCUT2D eigenvalue weighted by Gasteiger charge is -2.03. The lowest BCUT2D eigenvalue weighted by atomic mass is 10.2. The predicted molar refractivity (Wildman–Crippen MR) is 105 cm³/mol. The monoisotopic (exact) mass is 496 g/mol. The molecule has 0 fully saturated rings. The highest BCUT2D eigenvalue weighted by Gasteiger charge is 2.09. The van der Waals surface area contributed by atoms with Crippen LogP contribution in [0.1, 0.15) is 11.1 Å². The van der Waals surface area contributed by atoms with Crippen LogP contribution in [0.5, 0.6) is 0 Å². The first-order chi connectivity index (χ1) is 12.2. The molecule has 0 aliphatic carbocycles. The number of rotatable bonds is 6. The SMILES string of the molecule is Br.Cc1ccc(/N=N/c2cnn(Cc3ccc[n+](CCO)c3)c2N)cc1.[Br-]. The van der Waals surface area contributed by atoms with Crippen LogP contribution in [-0.2, 0) is 13.1 Å². The second-order valence-corrected chi connectivity index (χ2v) is 5.78. The number of azo groups is 1. The van der Waals surface area contributed by atoms with Crippen molar-refractivity contribution in [2.24, 2.45) is 10.2 Å². The van der Waals surface area contributed by atoms with E-state index < -0.39 is 0 Å². The summed E-state index contributed by atoms with van der Waals surface area (Å²) in [4.78, 5) is 0. The Bertz CT molecular complexity index is 880. The molecule has 0 unspecified atom stereocenters. The van der Waals surface area contributed by atoms with Crippen molar-refractivity contribution in [2.75, 3.05) is 12.3 Å². The molecule has 0 radical (unpaired) electrons. The van der Waals surface area contributed by atoms with Crippen LogP contribution in [0.25, 0.3) is 0 Å². The Balaban J connectivity index is 0.00000182. The van der Waals surface area contributed by atoms with E-state index in [0.717, 1.165) is 11.3 Å². The summed E-state index contributed by atoms with van der Waals surface area (Å²) in [5, 5.41) is 21.7. The van der Waals surface area contributed by atoms with E-state index in [4.69, 9.17) is 10.8 Å². The maximum atomic E-state index is 9.03. The van der Waals surface area contributed by atoms with Gasteiger partial charge in [-0.05, 0) is 25.1 Å². The van der Waals surface area contributed by atoms with Crippen LogP contribution in [0, 0.1) is 6.92 Å². The van der Waals surface area contributed by atoms with Gasteiger partial charge in [-0.25, -0.2) is 9.25 Å². The largest absolute Gasteiger partial charge is 1.00 e. The fraction of sp³-hybridized carbons (Fsp3) is 0.222. The van der Waals surface area contributed by atoms with Gasteiger partial charge < -0.3 is 27.8 Å². The average molecular weight is 498 g/mol. The van der Waals surface area contributed by atoms with E-state index >= 15 is 0 Å². The predicted octanol–water partition coefficient (Wildman–Crippen LogP) is 0.0991. The van der Waals surface area contributed by atoms with Crippen LogP contribution < -0.4 is 27.3 Å². The van der Waals surface area contributed by atoms with Crippen molar-refractivity contribution in [3.8, 4) is 0 Å². The number of halogens is 2. The van der Waals surface area contributed by atoms with Gasteiger partial charge in [-0.15, -0.1) is 22.1 Å². The summed E-state index contributed by atoms with van der Waals surface area (Å²) < 4.78 is 3.61. The number of benzene rings is 1. The molecule has 3 aromatic rings. The maximum Gasteiger partial charge on any atom is 0.173 e. The molecule has 0 aliphatic heterocycles. The lowest BCUT2D eigenvalue weighted by Crippen LogP contribution is -3.00. The van der Waals surface area contributed by atoms with Gasteiger partial charge in [0, 0.05) is 11.6 Å². The minimum Gasteiger partial charge on any atom is -1.00 e. The van der Waals surface area contributed by atoms with Crippen molar-refractivity contribution < 1.29 is 26.7 Å². The van der Waals surface area contributed by atoms with Crippen LogP contribution in [0.4, 0.5) is 17.2 Å². The molecule has 0 bridgehead atoms. The molecule has 0 aliphatic rings. The zero-order chi connectivity index (χ0) is 17.6. The topological polar surface area (TPSA) is 92.7 Å². The normalized spacial score (nSPS) is 10.4. The summed E-state index contributed by atoms with van der Waals surface area (Å²) in [7, 11) is 0. The molecule has 0 saturated carbocycles. The van der Waals surface area contributed by atoms with E-state index in [9.17, 15) is 0 Å². The summed E-state index contributed by atoms with van der Waals surface area (Å²) in [5.41, 5.74) is 9.66. The van der Waals surface area contributed by atoms with Crippen LogP contribution in [0.3, 0.4) is 0 Å². The maximum absolute atomic E-state index is 9.03. The standard InChI is InChI=1S/C18H21N6O.2BrH/c1-14-4-6-16(7-5-14)21-22-17-11-20-24(18(17)19)13-15-3-2-8-23(12-15)9-10-25;;/h2-8,11-12,25H,9-10,13,19H2,1H3;2*1H/q+1;;/p-1/b22-21+;;. The van der Waals surface area contributed by atoms with Gasteiger partial charge in [0.25, 0.3) is 0 Å². The van der Waals surface area contributed by atoms with Crippen molar-refractivity contribution in [3.05, 3.63) is 66.1 Å². The summed E-state index contributed by atoms with van der Waals surface area (Å²) in [5.74, 6) is 0.466. The van der Waals surface area contributed by atoms with Crippen LogP contribution in [0.15, 0.2) is 65.2 Å². The van der Waals surface area contributed by atoms with Gasteiger partial charge in [0.15, 0.2) is 18.9 Å². The quantitative estimate of drug-likeness (QED) is 0.373. The molecule has 2 heterocycles. The van der Waals surface area contributed by atoms with E-state index in [1.54, 1.807) is 10.9 Å². The summed E-state index contributed by atoms with van der Waals surface area (Å²) >= 11 is 0. The first kappa shape index (κ1) is 22.9. The first-order valence-corrected chi connectivity index (χ1v) is 8.04. The Labute approximate surface area is 179 Å². The number of aliphatic hydroxyl groups is 1. The number of nitrogen functional groups attached to an aromatic ring is 1. The molecule has 2 aromatic heterocycles. The average Bonchev–Trinajstić information content (AvgIpc) is 2.95. The van der Waals surface area contributed by atoms with Crippen LogP contribution in [-0.4, -0.2) is 21.5 Å². The number of aliphatic hydroxyl groups excluding tert-OH is 1. The molecule has 0 amide bonds. The number of pyridine rings is 1. The number of nitrogens with zero attached hydrogens (tertiary/aromatic N) is 5. The summed E-state index contributed by atoms with van der Waals surface area (Å²) in [6.07, 6.45) is 5.48. The highest BCUT2D eigenvalue weighted by Crippen LogP contribution is 2.24.